The van der Waals surface area contributed by atoms with Gasteiger partial charge in [0.25, 0.3) is 5.56 Å². The molecular formula is C22H28N4O3S. The molecule has 3 rings (SSSR count). The highest BCUT2D eigenvalue weighted by Gasteiger charge is 2.17. The highest BCUT2D eigenvalue weighted by molar-refractivity contribution is 7.99. The monoisotopic (exact) mass is 428 g/mol. The molecule has 1 aromatic carbocycles. The van der Waals surface area contributed by atoms with Crippen LogP contribution in [-0.4, -0.2) is 33.3 Å². The minimum Gasteiger partial charge on any atom is -0.497 e. The summed E-state index contributed by atoms with van der Waals surface area (Å²) in [5.74, 6) is 1.12. The van der Waals surface area contributed by atoms with Crippen LogP contribution in [0.5, 0.6) is 5.75 Å². The molecular weight excluding hydrogens is 400 g/mol. The van der Waals surface area contributed by atoms with Crippen molar-refractivity contribution in [2.75, 3.05) is 12.9 Å². The van der Waals surface area contributed by atoms with Crippen LogP contribution in [0, 0.1) is 12.8 Å². The summed E-state index contributed by atoms with van der Waals surface area (Å²) < 4.78 is 6.83. The Morgan fingerprint density at radius 2 is 1.97 bits per heavy atom. The summed E-state index contributed by atoms with van der Waals surface area (Å²) in [4.78, 5) is 33.2. The van der Waals surface area contributed by atoms with Gasteiger partial charge in [-0.3, -0.25) is 14.2 Å². The lowest BCUT2D eigenvalue weighted by Gasteiger charge is -2.16. The molecule has 7 nitrogen and oxygen atoms in total. The number of ether oxygens (including phenoxy) is 1. The number of carbonyl (C=O) groups excluding carboxylic acids is 1. The van der Waals surface area contributed by atoms with Gasteiger partial charge < -0.3 is 15.0 Å². The van der Waals surface area contributed by atoms with Gasteiger partial charge in [0.05, 0.1) is 24.4 Å². The fraction of sp³-hybridized carbons (Fsp3) is 0.409. The number of amides is 1. The summed E-state index contributed by atoms with van der Waals surface area (Å²) in [5, 5.41) is 3.56. The summed E-state index contributed by atoms with van der Waals surface area (Å²) in [6.45, 7) is 8.48. The van der Waals surface area contributed by atoms with Crippen LogP contribution in [0.2, 0.25) is 0 Å². The van der Waals surface area contributed by atoms with Crippen molar-refractivity contribution >= 4 is 28.7 Å². The molecule has 2 heterocycles. The molecule has 1 amide bonds. The van der Waals surface area contributed by atoms with Crippen molar-refractivity contribution in [3.63, 3.8) is 0 Å². The number of carbonyl (C=O) groups is 1. The number of methoxy groups -OCH3 is 1. The predicted octanol–water partition coefficient (Wildman–Crippen LogP) is 3.67. The lowest BCUT2D eigenvalue weighted by atomic mass is 10.1. The average molecular weight is 429 g/mol. The zero-order valence-corrected chi connectivity index (χ0v) is 18.8. The van der Waals surface area contributed by atoms with Gasteiger partial charge in [0.1, 0.15) is 11.3 Å². The summed E-state index contributed by atoms with van der Waals surface area (Å²) in [6.07, 6.45) is 0. The van der Waals surface area contributed by atoms with Crippen LogP contribution in [0.25, 0.3) is 11.0 Å². The van der Waals surface area contributed by atoms with Crippen molar-refractivity contribution in [2.24, 2.45) is 5.92 Å². The Bertz CT molecular complexity index is 1090. The molecule has 1 atom stereocenters. The number of hydrogen-bond acceptors (Lipinski definition) is 5. The Labute approximate surface area is 180 Å². The Morgan fingerprint density at radius 3 is 2.60 bits per heavy atom. The van der Waals surface area contributed by atoms with Gasteiger partial charge in [-0.1, -0.05) is 37.7 Å². The van der Waals surface area contributed by atoms with Gasteiger partial charge in [-0.2, -0.15) is 0 Å². The maximum absolute atomic E-state index is 12.9. The van der Waals surface area contributed by atoms with E-state index in [0.29, 0.717) is 22.7 Å². The van der Waals surface area contributed by atoms with E-state index in [2.05, 4.69) is 15.3 Å². The minimum absolute atomic E-state index is 0.101. The Balaban J connectivity index is 1.73. The van der Waals surface area contributed by atoms with Crippen molar-refractivity contribution in [3.8, 4) is 5.75 Å². The molecule has 0 aliphatic heterocycles. The smallest absolute Gasteiger partial charge is 0.278 e. The third kappa shape index (κ3) is 5.05. The molecule has 2 N–H and O–H groups in total. The molecule has 0 fully saturated rings. The van der Waals surface area contributed by atoms with E-state index in [-0.39, 0.29) is 29.2 Å². The first-order valence-electron chi connectivity index (χ1n) is 9.94. The van der Waals surface area contributed by atoms with E-state index in [1.54, 1.807) is 11.7 Å². The van der Waals surface area contributed by atoms with Gasteiger partial charge in [0.2, 0.25) is 5.91 Å². The van der Waals surface area contributed by atoms with E-state index in [4.69, 9.17) is 4.74 Å². The molecule has 3 aromatic rings. The number of aromatic nitrogens is 3. The fourth-order valence-corrected chi connectivity index (χ4v) is 4.06. The molecule has 0 aliphatic carbocycles. The van der Waals surface area contributed by atoms with Crippen LogP contribution < -0.4 is 15.6 Å². The maximum Gasteiger partial charge on any atom is 0.278 e. The second kappa shape index (κ2) is 9.38. The first-order chi connectivity index (χ1) is 14.3. The van der Waals surface area contributed by atoms with E-state index in [1.165, 1.54) is 11.8 Å². The lowest BCUT2D eigenvalue weighted by Crippen LogP contribution is -2.29. The molecule has 0 bridgehead atoms. The molecule has 160 valence electrons. The van der Waals surface area contributed by atoms with E-state index < -0.39 is 0 Å². The van der Waals surface area contributed by atoms with Crippen molar-refractivity contribution in [2.45, 2.75) is 45.4 Å². The maximum atomic E-state index is 12.9. The Hall–Kier alpha value is -2.74. The number of aromatic amines is 1. The summed E-state index contributed by atoms with van der Waals surface area (Å²) in [7, 11) is 1.62. The number of rotatable bonds is 8. The Kier molecular flexibility index (Phi) is 6.87. The highest BCUT2D eigenvalue weighted by Crippen LogP contribution is 2.21. The summed E-state index contributed by atoms with van der Waals surface area (Å²) >= 11 is 1.28. The standard InChI is InChI=1S/C22H28N4O3S/c1-13(2)11-26-21(28)20-18(10-14(3)23-20)25-22(26)30-12-19(27)24-15(4)16-6-8-17(29-5)9-7-16/h6-10,13,15,23H,11-12H2,1-5H3,(H,24,27). The van der Waals surface area contributed by atoms with Crippen LogP contribution in [0.3, 0.4) is 0 Å². The molecule has 30 heavy (non-hydrogen) atoms. The minimum atomic E-state index is -0.135. The number of hydrogen-bond donors (Lipinski definition) is 2. The van der Waals surface area contributed by atoms with Crippen molar-refractivity contribution in [1.82, 2.24) is 19.9 Å². The van der Waals surface area contributed by atoms with E-state index >= 15 is 0 Å². The number of nitrogens with zero attached hydrogens (tertiary/aromatic N) is 2. The number of thioether (sulfide) groups is 1. The predicted molar refractivity (Wildman–Crippen MR) is 120 cm³/mol. The number of benzene rings is 1. The number of nitrogens with one attached hydrogen (secondary N) is 2. The molecule has 0 aliphatic rings. The molecule has 0 spiro atoms. The van der Waals surface area contributed by atoms with Gasteiger partial charge >= 0.3 is 0 Å². The first kappa shape index (κ1) is 22.0. The van der Waals surface area contributed by atoms with Crippen LogP contribution in [0.15, 0.2) is 40.3 Å². The van der Waals surface area contributed by atoms with Gasteiger partial charge in [0.15, 0.2) is 5.16 Å². The molecule has 0 radical (unpaired) electrons. The molecule has 8 heteroatoms. The van der Waals surface area contributed by atoms with Crippen LogP contribution in [0.4, 0.5) is 0 Å². The first-order valence-corrected chi connectivity index (χ1v) is 10.9. The molecule has 0 saturated heterocycles. The van der Waals surface area contributed by atoms with Crippen molar-refractivity contribution < 1.29 is 9.53 Å². The van der Waals surface area contributed by atoms with Crippen LogP contribution in [0.1, 0.15) is 38.1 Å². The lowest BCUT2D eigenvalue weighted by molar-refractivity contribution is -0.119. The summed E-state index contributed by atoms with van der Waals surface area (Å²) in [6, 6.07) is 9.32. The quantitative estimate of drug-likeness (QED) is 0.422. The topological polar surface area (TPSA) is 89.0 Å². The Morgan fingerprint density at radius 1 is 1.27 bits per heavy atom. The largest absolute Gasteiger partial charge is 0.497 e. The fourth-order valence-electron chi connectivity index (χ4n) is 3.24. The number of fused-ring (bicyclic) bond motifs is 1. The summed E-state index contributed by atoms with van der Waals surface area (Å²) in [5.41, 5.74) is 2.92. The van der Waals surface area contributed by atoms with Crippen molar-refractivity contribution in [3.05, 3.63) is 51.9 Å². The average Bonchev–Trinajstić information content (AvgIpc) is 3.09. The highest BCUT2D eigenvalue weighted by atomic mass is 32.2. The van der Waals surface area contributed by atoms with Crippen LogP contribution in [-0.2, 0) is 11.3 Å². The second-order valence-electron chi connectivity index (χ2n) is 7.77. The van der Waals surface area contributed by atoms with Gasteiger partial charge in [0, 0.05) is 12.2 Å². The normalized spacial score (nSPS) is 12.3. The zero-order chi connectivity index (χ0) is 21.8. The number of aryl methyl sites for hydroxylation is 1. The zero-order valence-electron chi connectivity index (χ0n) is 18.0. The third-order valence-electron chi connectivity index (χ3n) is 4.71. The molecule has 2 aromatic heterocycles. The van der Waals surface area contributed by atoms with Crippen LogP contribution >= 0.6 is 11.8 Å². The SMILES string of the molecule is COc1ccc(C(C)NC(=O)CSc2nc3cc(C)[nH]c3c(=O)n2CC(C)C)cc1. The molecule has 0 saturated carbocycles. The van der Waals surface area contributed by atoms with E-state index in [0.717, 1.165) is 17.0 Å². The van der Waals surface area contributed by atoms with Gasteiger partial charge in [-0.05, 0) is 43.5 Å². The number of H-pyrrole nitrogens is 1. The van der Waals surface area contributed by atoms with E-state index in [9.17, 15) is 9.59 Å². The van der Waals surface area contributed by atoms with Crippen molar-refractivity contribution in [1.29, 1.82) is 0 Å². The second-order valence-corrected chi connectivity index (χ2v) is 8.71. The van der Waals surface area contributed by atoms with Gasteiger partial charge in [-0.25, -0.2) is 4.98 Å². The van der Waals surface area contributed by atoms with Gasteiger partial charge in [-0.15, -0.1) is 0 Å². The van der Waals surface area contributed by atoms with E-state index in [1.807, 2.05) is 58.0 Å². The molecule has 1 unspecified atom stereocenters. The third-order valence-corrected chi connectivity index (χ3v) is 5.69.